The van der Waals surface area contributed by atoms with Crippen LogP contribution in [0.3, 0.4) is 0 Å². The van der Waals surface area contributed by atoms with E-state index in [0.717, 1.165) is 59.4 Å². The van der Waals surface area contributed by atoms with Crippen molar-refractivity contribution >= 4 is 33.7 Å². The molecule has 0 N–H and O–H groups in total. The van der Waals surface area contributed by atoms with Crippen LogP contribution in [-0.2, 0) is 0 Å². The number of para-hydroxylation sites is 1. The van der Waals surface area contributed by atoms with Crippen molar-refractivity contribution in [2.75, 3.05) is 18.0 Å². The molecule has 1 fully saturated rings. The first kappa shape index (κ1) is 16.0. The molecule has 0 radical (unpaired) electrons. The van der Waals surface area contributed by atoms with E-state index in [-0.39, 0.29) is 11.7 Å². The summed E-state index contributed by atoms with van der Waals surface area (Å²) >= 11 is 0. The molecule has 2 aromatic carbocycles. The molecule has 27 heavy (non-hydrogen) atoms. The van der Waals surface area contributed by atoms with Crippen LogP contribution in [0.25, 0.3) is 22.1 Å². The standard InChI is InChI=1S/C22H19N3O2/c26-20(15-6-2-1-3-7-15)16-10-12-25(13-11-16)22-21-19(23-14-24-22)17-8-4-5-9-18(17)27-21/h1-9,14,16H,10-13H2. The van der Waals surface area contributed by atoms with Gasteiger partial charge >= 0.3 is 0 Å². The lowest BCUT2D eigenvalue weighted by atomic mass is 9.89. The molecule has 134 valence electrons. The van der Waals surface area contributed by atoms with Crippen molar-refractivity contribution in [3.05, 3.63) is 66.5 Å². The molecule has 5 rings (SSSR count). The van der Waals surface area contributed by atoms with Crippen molar-refractivity contribution in [3.63, 3.8) is 0 Å². The number of nitrogens with zero attached hydrogens (tertiary/aromatic N) is 3. The lowest BCUT2D eigenvalue weighted by Gasteiger charge is -2.31. The smallest absolute Gasteiger partial charge is 0.196 e. The zero-order chi connectivity index (χ0) is 18.2. The molecule has 1 aliphatic rings. The lowest BCUT2D eigenvalue weighted by Crippen LogP contribution is -2.37. The summed E-state index contributed by atoms with van der Waals surface area (Å²) < 4.78 is 6.05. The number of Topliss-reactive ketones (excluding diaryl/α,β-unsaturated/α-hetero) is 1. The SMILES string of the molecule is O=C(c1ccccc1)C1CCN(c2ncnc3c2oc2ccccc23)CC1. The van der Waals surface area contributed by atoms with Gasteiger partial charge in [-0.15, -0.1) is 0 Å². The van der Waals surface area contributed by atoms with E-state index < -0.39 is 0 Å². The molecule has 0 unspecified atom stereocenters. The second kappa shape index (κ2) is 6.50. The molecule has 1 aliphatic heterocycles. The van der Waals surface area contributed by atoms with Gasteiger partial charge in [0.1, 0.15) is 17.4 Å². The van der Waals surface area contributed by atoms with Gasteiger partial charge in [0.05, 0.1) is 0 Å². The second-order valence-electron chi connectivity index (χ2n) is 6.96. The molecule has 0 aliphatic carbocycles. The second-order valence-corrected chi connectivity index (χ2v) is 6.96. The van der Waals surface area contributed by atoms with Crippen LogP contribution in [0.4, 0.5) is 5.82 Å². The summed E-state index contributed by atoms with van der Waals surface area (Å²) in [4.78, 5) is 23.8. The fraction of sp³-hybridized carbons (Fsp3) is 0.227. The fourth-order valence-corrected chi connectivity index (χ4v) is 3.93. The van der Waals surface area contributed by atoms with Gasteiger partial charge in [0.2, 0.25) is 0 Å². The molecule has 0 bridgehead atoms. The summed E-state index contributed by atoms with van der Waals surface area (Å²) in [6.45, 7) is 1.57. The van der Waals surface area contributed by atoms with Crippen molar-refractivity contribution in [3.8, 4) is 0 Å². The Morgan fingerprint density at radius 2 is 1.70 bits per heavy atom. The third-order valence-corrected chi connectivity index (χ3v) is 5.36. The molecule has 5 heteroatoms. The summed E-state index contributed by atoms with van der Waals surface area (Å²) in [7, 11) is 0. The molecular weight excluding hydrogens is 338 g/mol. The predicted molar refractivity (Wildman–Crippen MR) is 105 cm³/mol. The molecule has 3 heterocycles. The van der Waals surface area contributed by atoms with E-state index in [4.69, 9.17) is 4.42 Å². The Morgan fingerprint density at radius 1 is 0.963 bits per heavy atom. The monoisotopic (exact) mass is 357 g/mol. The molecule has 0 spiro atoms. The lowest BCUT2D eigenvalue weighted by molar-refractivity contribution is 0.0900. The van der Waals surface area contributed by atoms with E-state index in [1.54, 1.807) is 6.33 Å². The summed E-state index contributed by atoms with van der Waals surface area (Å²) in [5, 5.41) is 1.00. The third kappa shape index (κ3) is 2.76. The van der Waals surface area contributed by atoms with Crippen LogP contribution in [0.1, 0.15) is 23.2 Å². The first-order valence-electron chi connectivity index (χ1n) is 9.28. The molecule has 4 aromatic rings. The number of rotatable bonds is 3. The Hall–Kier alpha value is -3.21. The average molecular weight is 357 g/mol. The zero-order valence-electron chi connectivity index (χ0n) is 14.8. The molecule has 5 nitrogen and oxygen atoms in total. The van der Waals surface area contributed by atoms with E-state index >= 15 is 0 Å². The number of carbonyl (C=O) groups is 1. The number of furan rings is 1. The molecule has 1 saturated heterocycles. The molecular formula is C22H19N3O2. The van der Waals surface area contributed by atoms with Crippen molar-refractivity contribution in [2.24, 2.45) is 5.92 Å². The van der Waals surface area contributed by atoms with Crippen LogP contribution in [0, 0.1) is 5.92 Å². The summed E-state index contributed by atoms with van der Waals surface area (Å²) in [5.41, 5.74) is 3.20. The fourth-order valence-electron chi connectivity index (χ4n) is 3.93. The van der Waals surface area contributed by atoms with Gasteiger partial charge in [-0.3, -0.25) is 4.79 Å². The van der Waals surface area contributed by atoms with Crippen molar-refractivity contribution in [2.45, 2.75) is 12.8 Å². The molecule has 0 atom stereocenters. The number of carbonyl (C=O) groups excluding carboxylic acids is 1. The maximum absolute atomic E-state index is 12.7. The summed E-state index contributed by atoms with van der Waals surface area (Å²) in [6.07, 6.45) is 3.24. The van der Waals surface area contributed by atoms with Crippen molar-refractivity contribution in [1.82, 2.24) is 9.97 Å². The highest BCUT2D eigenvalue weighted by Gasteiger charge is 2.28. The summed E-state index contributed by atoms with van der Waals surface area (Å²) in [5.74, 6) is 1.13. The minimum absolute atomic E-state index is 0.0663. The topological polar surface area (TPSA) is 59.2 Å². The zero-order valence-corrected chi connectivity index (χ0v) is 14.8. The number of benzene rings is 2. The van der Waals surface area contributed by atoms with Crippen LogP contribution >= 0.6 is 0 Å². The third-order valence-electron chi connectivity index (χ3n) is 5.36. The van der Waals surface area contributed by atoms with Crippen molar-refractivity contribution in [1.29, 1.82) is 0 Å². The van der Waals surface area contributed by atoms with Crippen LogP contribution in [0.2, 0.25) is 0 Å². The first-order valence-corrected chi connectivity index (χ1v) is 9.28. The van der Waals surface area contributed by atoms with Gasteiger partial charge in [-0.25, -0.2) is 9.97 Å². The first-order chi connectivity index (χ1) is 13.3. The van der Waals surface area contributed by atoms with E-state index in [1.165, 1.54) is 0 Å². The number of piperidine rings is 1. The molecule has 0 amide bonds. The largest absolute Gasteiger partial charge is 0.450 e. The van der Waals surface area contributed by atoms with Gasteiger partial charge < -0.3 is 9.32 Å². The predicted octanol–water partition coefficient (Wildman–Crippen LogP) is 4.48. The van der Waals surface area contributed by atoms with Gasteiger partial charge in [-0.1, -0.05) is 42.5 Å². The summed E-state index contributed by atoms with van der Waals surface area (Å²) in [6, 6.07) is 17.5. The Morgan fingerprint density at radius 3 is 2.52 bits per heavy atom. The Balaban J connectivity index is 1.40. The van der Waals surface area contributed by atoms with Crippen LogP contribution in [0.5, 0.6) is 0 Å². The number of fused-ring (bicyclic) bond motifs is 3. The van der Waals surface area contributed by atoms with Gasteiger partial charge in [0, 0.05) is 30.0 Å². The minimum Gasteiger partial charge on any atom is -0.450 e. The minimum atomic E-state index is 0.0663. The average Bonchev–Trinajstić information content (AvgIpc) is 3.13. The number of anilines is 1. The van der Waals surface area contributed by atoms with Crippen LogP contribution in [-0.4, -0.2) is 28.8 Å². The van der Waals surface area contributed by atoms with Gasteiger partial charge in [0.15, 0.2) is 17.2 Å². The highest BCUT2D eigenvalue weighted by Crippen LogP contribution is 2.34. The van der Waals surface area contributed by atoms with Gasteiger partial charge in [-0.05, 0) is 25.0 Å². The van der Waals surface area contributed by atoms with E-state index in [2.05, 4.69) is 14.9 Å². The normalized spacial score (nSPS) is 15.5. The van der Waals surface area contributed by atoms with Gasteiger partial charge in [-0.2, -0.15) is 0 Å². The number of ketones is 1. The maximum atomic E-state index is 12.7. The van der Waals surface area contributed by atoms with E-state index in [0.29, 0.717) is 0 Å². The van der Waals surface area contributed by atoms with Crippen LogP contribution < -0.4 is 4.90 Å². The number of aromatic nitrogens is 2. The Bertz CT molecular complexity index is 1110. The quantitative estimate of drug-likeness (QED) is 0.506. The van der Waals surface area contributed by atoms with Crippen LogP contribution in [0.15, 0.2) is 65.3 Å². The Kier molecular flexibility index (Phi) is 3.85. The van der Waals surface area contributed by atoms with Gasteiger partial charge in [0.25, 0.3) is 0 Å². The number of hydrogen-bond acceptors (Lipinski definition) is 5. The highest BCUT2D eigenvalue weighted by molar-refractivity contribution is 6.05. The Labute approximate surface area is 156 Å². The van der Waals surface area contributed by atoms with Crippen molar-refractivity contribution < 1.29 is 9.21 Å². The highest BCUT2D eigenvalue weighted by atomic mass is 16.3. The van der Waals surface area contributed by atoms with E-state index in [1.807, 2.05) is 54.6 Å². The maximum Gasteiger partial charge on any atom is 0.196 e. The molecule has 2 aromatic heterocycles. The van der Waals surface area contributed by atoms with E-state index in [9.17, 15) is 4.79 Å². The number of hydrogen-bond donors (Lipinski definition) is 0. The molecule has 0 saturated carbocycles.